The van der Waals surface area contributed by atoms with Crippen LogP contribution in [0.3, 0.4) is 0 Å². The van der Waals surface area contributed by atoms with E-state index in [1.54, 1.807) is 12.1 Å². The molecule has 0 aromatic heterocycles. The lowest BCUT2D eigenvalue weighted by Crippen LogP contribution is -2.34. The van der Waals surface area contributed by atoms with Crippen molar-refractivity contribution in [3.8, 4) is 5.75 Å². The number of hydrogen-bond donors (Lipinski definition) is 1. The predicted molar refractivity (Wildman–Crippen MR) is 63.0 cm³/mol. The number of aliphatic hydroxyl groups excluding tert-OH is 1. The van der Waals surface area contributed by atoms with E-state index < -0.39 is 6.10 Å². The molecular formula is C12H14BrFO2. The van der Waals surface area contributed by atoms with Gasteiger partial charge in [-0.1, -0.05) is 6.42 Å². The van der Waals surface area contributed by atoms with Crippen LogP contribution in [0.2, 0.25) is 0 Å². The summed E-state index contributed by atoms with van der Waals surface area (Å²) in [5.74, 6) is 0.134. The molecule has 1 aliphatic rings. The minimum absolute atomic E-state index is 0.200. The molecule has 88 valence electrons. The molecule has 2 nitrogen and oxygen atoms in total. The molecule has 1 aromatic carbocycles. The largest absolute Gasteiger partial charge is 0.488 e. The Morgan fingerprint density at radius 3 is 2.75 bits per heavy atom. The molecule has 0 heterocycles. The minimum atomic E-state index is -0.430. The zero-order chi connectivity index (χ0) is 11.5. The number of aliphatic hydroxyl groups is 1. The molecule has 4 heteroatoms. The molecule has 1 aliphatic carbocycles. The van der Waals surface area contributed by atoms with Gasteiger partial charge < -0.3 is 9.84 Å². The molecule has 0 aliphatic heterocycles. The third-order valence-corrected chi connectivity index (χ3v) is 3.49. The molecular weight excluding hydrogens is 275 g/mol. The van der Waals surface area contributed by atoms with Crippen LogP contribution in [0, 0.1) is 5.82 Å². The molecule has 1 N–H and O–H groups in total. The summed E-state index contributed by atoms with van der Waals surface area (Å²) < 4.78 is 19.3. The van der Waals surface area contributed by atoms with E-state index in [1.807, 2.05) is 0 Å². The smallest absolute Gasteiger partial charge is 0.141 e. The van der Waals surface area contributed by atoms with Crippen LogP contribution in [0.15, 0.2) is 22.7 Å². The van der Waals surface area contributed by atoms with Gasteiger partial charge in [-0.2, -0.15) is 0 Å². The van der Waals surface area contributed by atoms with Gasteiger partial charge in [0.1, 0.15) is 17.7 Å². The molecule has 2 atom stereocenters. The van der Waals surface area contributed by atoms with E-state index in [2.05, 4.69) is 15.9 Å². The van der Waals surface area contributed by atoms with E-state index in [0.717, 1.165) is 25.7 Å². The maximum absolute atomic E-state index is 13.2. The Morgan fingerprint density at radius 2 is 2.06 bits per heavy atom. The van der Waals surface area contributed by atoms with Crippen LogP contribution >= 0.6 is 15.9 Å². The van der Waals surface area contributed by atoms with E-state index in [9.17, 15) is 9.50 Å². The van der Waals surface area contributed by atoms with Crippen molar-refractivity contribution in [2.24, 2.45) is 0 Å². The van der Waals surface area contributed by atoms with Crippen molar-refractivity contribution in [3.05, 3.63) is 28.5 Å². The maximum Gasteiger partial charge on any atom is 0.141 e. The highest BCUT2D eigenvalue weighted by Gasteiger charge is 2.24. The average Bonchev–Trinajstić information content (AvgIpc) is 2.27. The first kappa shape index (κ1) is 11.9. The molecule has 1 fully saturated rings. The number of hydrogen-bond acceptors (Lipinski definition) is 2. The van der Waals surface area contributed by atoms with Crippen molar-refractivity contribution in [2.75, 3.05) is 0 Å². The summed E-state index contributed by atoms with van der Waals surface area (Å²) in [5, 5.41) is 9.73. The first-order valence-corrected chi connectivity index (χ1v) is 6.26. The van der Waals surface area contributed by atoms with E-state index >= 15 is 0 Å². The monoisotopic (exact) mass is 288 g/mol. The van der Waals surface area contributed by atoms with Crippen LogP contribution in [0.1, 0.15) is 25.7 Å². The van der Waals surface area contributed by atoms with Crippen molar-refractivity contribution in [2.45, 2.75) is 37.9 Å². The molecule has 0 spiro atoms. The summed E-state index contributed by atoms with van der Waals surface area (Å²) in [6.07, 6.45) is 3.06. The molecule has 0 bridgehead atoms. The van der Waals surface area contributed by atoms with E-state index in [1.165, 1.54) is 6.07 Å². The van der Waals surface area contributed by atoms with Crippen LogP contribution in [-0.2, 0) is 0 Å². The highest BCUT2D eigenvalue weighted by atomic mass is 79.9. The average molecular weight is 289 g/mol. The van der Waals surface area contributed by atoms with Gasteiger partial charge in [0, 0.05) is 6.07 Å². The van der Waals surface area contributed by atoms with Gasteiger partial charge in [-0.25, -0.2) is 4.39 Å². The summed E-state index contributed by atoms with van der Waals surface area (Å²) in [6, 6.07) is 4.65. The predicted octanol–water partition coefficient (Wildman–Crippen LogP) is 3.27. The number of ether oxygens (including phenoxy) is 1. The lowest BCUT2D eigenvalue weighted by atomic mass is 9.95. The summed E-state index contributed by atoms with van der Waals surface area (Å²) in [6.45, 7) is 0. The third-order valence-electron chi connectivity index (χ3n) is 2.85. The summed E-state index contributed by atoms with van der Waals surface area (Å²) in [5.41, 5.74) is 0. The van der Waals surface area contributed by atoms with Gasteiger partial charge in [0.25, 0.3) is 0 Å². The van der Waals surface area contributed by atoms with Crippen LogP contribution in [-0.4, -0.2) is 17.3 Å². The lowest BCUT2D eigenvalue weighted by molar-refractivity contribution is 0.00672. The second kappa shape index (κ2) is 5.15. The SMILES string of the molecule is OC1CCCCC1Oc1ccc(Br)c(F)c1. The van der Waals surface area contributed by atoms with Crippen LogP contribution in [0.25, 0.3) is 0 Å². The molecule has 1 saturated carbocycles. The lowest BCUT2D eigenvalue weighted by Gasteiger charge is -2.28. The van der Waals surface area contributed by atoms with Gasteiger partial charge in [-0.3, -0.25) is 0 Å². The second-order valence-electron chi connectivity index (χ2n) is 4.08. The zero-order valence-corrected chi connectivity index (χ0v) is 10.4. The zero-order valence-electron chi connectivity index (χ0n) is 8.83. The minimum Gasteiger partial charge on any atom is -0.488 e. The molecule has 0 radical (unpaired) electrons. The second-order valence-corrected chi connectivity index (χ2v) is 4.94. The van der Waals surface area contributed by atoms with Gasteiger partial charge in [-0.05, 0) is 47.3 Å². The summed E-state index contributed by atoms with van der Waals surface area (Å²) in [4.78, 5) is 0. The van der Waals surface area contributed by atoms with E-state index in [4.69, 9.17) is 4.74 Å². The van der Waals surface area contributed by atoms with Crippen molar-refractivity contribution < 1.29 is 14.2 Å². The summed E-state index contributed by atoms with van der Waals surface area (Å²) >= 11 is 3.09. The Morgan fingerprint density at radius 1 is 1.31 bits per heavy atom. The van der Waals surface area contributed by atoms with Gasteiger partial charge in [0.15, 0.2) is 0 Å². The Kier molecular flexibility index (Phi) is 3.82. The highest BCUT2D eigenvalue weighted by Crippen LogP contribution is 2.26. The fraction of sp³-hybridized carbons (Fsp3) is 0.500. The first-order chi connectivity index (χ1) is 7.66. The quantitative estimate of drug-likeness (QED) is 0.905. The maximum atomic E-state index is 13.2. The first-order valence-electron chi connectivity index (χ1n) is 5.46. The summed E-state index contributed by atoms with van der Waals surface area (Å²) in [7, 11) is 0. The Bertz CT molecular complexity index is 370. The molecule has 0 amide bonds. The number of benzene rings is 1. The highest BCUT2D eigenvalue weighted by molar-refractivity contribution is 9.10. The molecule has 16 heavy (non-hydrogen) atoms. The Balaban J connectivity index is 2.05. The fourth-order valence-electron chi connectivity index (χ4n) is 1.94. The van der Waals surface area contributed by atoms with Gasteiger partial charge in [-0.15, -0.1) is 0 Å². The van der Waals surface area contributed by atoms with E-state index in [-0.39, 0.29) is 11.9 Å². The normalized spacial score (nSPS) is 25.4. The Labute approximate surface area is 103 Å². The van der Waals surface area contributed by atoms with Crippen molar-refractivity contribution in [3.63, 3.8) is 0 Å². The topological polar surface area (TPSA) is 29.5 Å². The molecule has 0 saturated heterocycles. The van der Waals surface area contributed by atoms with Crippen molar-refractivity contribution in [1.29, 1.82) is 0 Å². The van der Waals surface area contributed by atoms with Crippen LogP contribution in [0.4, 0.5) is 4.39 Å². The van der Waals surface area contributed by atoms with Crippen LogP contribution in [0.5, 0.6) is 5.75 Å². The van der Waals surface area contributed by atoms with Gasteiger partial charge >= 0.3 is 0 Å². The van der Waals surface area contributed by atoms with Gasteiger partial charge in [0.05, 0.1) is 10.6 Å². The fourth-order valence-corrected chi connectivity index (χ4v) is 2.19. The third kappa shape index (κ3) is 2.74. The van der Waals surface area contributed by atoms with Crippen molar-refractivity contribution >= 4 is 15.9 Å². The standard InChI is InChI=1S/C12H14BrFO2/c13-9-6-5-8(7-10(9)14)16-12-4-2-1-3-11(12)15/h5-7,11-12,15H,1-4H2. The Hall–Kier alpha value is -0.610. The molecule has 1 aromatic rings. The van der Waals surface area contributed by atoms with Crippen molar-refractivity contribution in [1.82, 2.24) is 0 Å². The molecule has 2 unspecified atom stereocenters. The number of halogens is 2. The number of rotatable bonds is 2. The molecule has 2 rings (SSSR count). The van der Waals surface area contributed by atoms with Crippen LogP contribution < -0.4 is 4.74 Å². The van der Waals surface area contributed by atoms with Gasteiger partial charge in [0.2, 0.25) is 0 Å². The van der Waals surface area contributed by atoms with E-state index in [0.29, 0.717) is 10.2 Å².